The quantitative estimate of drug-likeness (QED) is 0.218. The molecule has 13 nitrogen and oxygen atoms in total. The average Bonchev–Trinajstić information content (AvgIpc) is 3.91. The Labute approximate surface area is 319 Å². The van der Waals surface area contributed by atoms with E-state index in [0.29, 0.717) is 33.1 Å². The summed E-state index contributed by atoms with van der Waals surface area (Å²) in [6.45, 7) is 1.34. The molecule has 0 saturated carbocycles. The Morgan fingerprint density at radius 1 is 0.944 bits per heavy atom. The number of esters is 1. The molecule has 5 heterocycles. The third kappa shape index (κ3) is 6.11. The zero-order valence-electron chi connectivity index (χ0n) is 29.4. The van der Waals surface area contributed by atoms with Crippen LogP contribution < -0.4 is 5.32 Å². The smallest absolute Gasteiger partial charge is 0.313 e. The number of aromatic nitrogens is 3. The minimum Gasteiger partial charge on any atom is -0.455 e. The predicted molar refractivity (Wildman–Crippen MR) is 199 cm³/mol. The highest BCUT2D eigenvalue weighted by atomic mass is 79.9. The standard InChI is InChI=1S/C40H39BrN6O7/c1-24-34(26-15-7-3-8-16-26)53-39(52)32-33-37(50)47(30(22-48)25-13-5-2-6-14-25)36(40(33)21-27(41)35(32)54-40)38(51)45(20-12-4-9-19-31(49)42-24)23-46-29-18-11-10-17-28(29)43-44-46/h2-8,10-18,21,24,30,32-36,48H,9,19-20,22-23H2,1H3,(H,42,49)/b12-4-/t24-,30-,32+,33-,34+,35+,36+,40-/m1/s1. The number of aliphatic hydroxyl groups excluding tert-OH is 1. The number of carbonyl (C=O) groups excluding carboxylic acids is 4. The number of para-hydroxylation sites is 1. The second-order valence-corrected chi connectivity index (χ2v) is 15.0. The fourth-order valence-electron chi connectivity index (χ4n) is 8.39. The Morgan fingerprint density at radius 2 is 1.67 bits per heavy atom. The molecule has 1 aromatic heterocycles. The van der Waals surface area contributed by atoms with Gasteiger partial charge in [-0.1, -0.05) is 106 Å². The van der Waals surface area contributed by atoms with Gasteiger partial charge in [0, 0.05) is 17.4 Å². The highest BCUT2D eigenvalue weighted by Gasteiger charge is 2.75. The summed E-state index contributed by atoms with van der Waals surface area (Å²) in [5.74, 6) is -4.24. The van der Waals surface area contributed by atoms with E-state index in [0.717, 1.165) is 0 Å². The van der Waals surface area contributed by atoms with Crippen LogP contribution in [0.2, 0.25) is 0 Å². The first-order valence-electron chi connectivity index (χ1n) is 18.0. The van der Waals surface area contributed by atoms with Crippen LogP contribution in [0.4, 0.5) is 0 Å². The lowest BCUT2D eigenvalue weighted by Gasteiger charge is -2.38. The summed E-state index contributed by atoms with van der Waals surface area (Å²) in [4.78, 5) is 61.1. The van der Waals surface area contributed by atoms with Gasteiger partial charge < -0.3 is 29.7 Å². The largest absolute Gasteiger partial charge is 0.455 e. The van der Waals surface area contributed by atoms with E-state index in [9.17, 15) is 14.7 Å². The second-order valence-electron chi connectivity index (χ2n) is 14.1. The Morgan fingerprint density at radius 3 is 2.43 bits per heavy atom. The zero-order chi connectivity index (χ0) is 37.6. The molecular weight excluding hydrogens is 756 g/mol. The van der Waals surface area contributed by atoms with E-state index in [4.69, 9.17) is 9.47 Å². The summed E-state index contributed by atoms with van der Waals surface area (Å²) < 4.78 is 15.1. The minimum atomic E-state index is -1.59. The number of nitrogens with zero attached hydrogens (tertiary/aromatic N) is 5. The third-order valence-electron chi connectivity index (χ3n) is 10.8. The van der Waals surface area contributed by atoms with Crippen LogP contribution in [-0.4, -0.2) is 90.5 Å². The molecule has 14 heteroatoms. The van der Waals surface area contributed by atoms with Crippen LogP contribution in [0.15, 0.2) is 108 Å². The number of cyclic esters (lactones) is 1. The molecule has 0 unspecified atom stereocenters. The molecule has 3 amide bonds. The molecule has 2 saturated heterocycles. The van der Waals surface area contributed by atoms with Crippen molar-refractivity contribution >= 4 is 50.7 Å². The number of hydrogen-bond acceptors (Lipinski definition) is 9. The van der Waals surface area contributed by atoms with Crippen molar-refractivity contribution in [2.24, 2.45) is 11.8 Å². The van der Waals surface area contributed by atoms with E-state index in [-0.39, 0.29) is 25.5 Å². The number of nitrogens with one attached hydrogen (secondary N) is 1. The van der Waals surface area contributed by atoms with Crippen molar-refractivity contribution in [2.75, 3.05) is 13.2 Å². The number of halogens is 1. The zero-order valence-corrected chi connectivity index (χ0v) is 31.0. The number of carbonyl (C=O) groups is 4. The van der Waals surface area contributed by atoms with E-state index in [2.05, 4.69) is 31.6 Å². The summed E-state index contributed by atoms with van der Waals surface area (Å²) in [6.07, 6.45) is 4.12. The number of allylic oxidation sites excluding steroid dienone is 1. The number of fused-ring (bicyclic) bond motifs is 3. The predicted octanol–water partition coefficient (Wildman–Crippen LogP) is 3.96. The van der Waals surface area contributed by atoms with Gasteiger partial charge in [0.15, 0.2) is 0 Å². The molecule has 8 atom stereocenters. The highest BCUT2D eigenvalue weighted by Crippen LogP contribution is 2.60. The molecule has 2 N–H and O–H groups in total. The number of ether oxygens (including phenoxy) is 2. The van der Waals surface area contributed by atoms with E-state index in [1.807, 2.05) is 72.8 Å². The summed E-state index contributed by atoms with van der Waals surface area (Å²) in [6, 6.07) is 22.6. The van der Waals surface area contributed by atoms with Gasteiger partial charge in [-0.2, -0.15) is 0 Å². The van der Waals surface area contributed by atoms with Gasteiger partial charge in [-0.25, -0.2) is 4.68 Å². The molecule has 2 fully saturated rings. The van der Waals surface area contributed by atoms with Crippen molar-refractivity contribution in [1.29, 1.82) is 0 Å². The van der Waals surface area contributed by atoms with E-state index in [1.165, 1.54) is 4.90 Å². The molecule has 1 spiro atoms. The average molecular weight is 796 g/mol. The monoisotopic (exact) mass is 794 g/mol. The van der Waals surface area contributed by atoms with Crippen LogP contribution in [0.5, 0.6) is 0 Å². The number of hydrogen-bond donors (Lipinski definition) is 2. The first kappa shape index (κ1) is 35.8. The maximum absolute atomic E-state index is 15.4. The van der Waals surface area contributed by atoms with Gasteiger partial charge in [0.25, 0.3) is 5.91 Å². The van der Waals surface area contributed by atoms with E-state index < -0.39 is 72.2 Å². The number of benzene rings is 3. The summed E-state index contributed by atoms with van der Waals surface area (Å²) in [5, 5.41) is 22.6. The lowest BCUT2D eigenvalue weighted by atomic mass is 9.74. The van der Waals surface area contributed by atoms with Crippen molar-refractivity contribution in [2.45, 2.75) is 62.4 Å². The van der Waals surface area contributed by atoms with Crippen LogP contribution in [0, 0.1) is 11.8 Å². The van der Waals surface area contributed by atoms with Gasteiger partial charge in [-0.15, -0.1) is 5.10 Å². The summed E-state index contributed by atoms with van der Waals surface area (Å²) in [5.41, 5.74) is 1.03. The van der Waals surface area contributed by atoms with Gasteiger partial charge in [-0.05, 0) is 42.7 Å². The van der Waals surface area contributed by atoms with Crippen LogP contribution in [0.3, 0.4) is 0 Å². The normalized spacial score (nSPS) is 29.9. The van der Waals surface area contributed by atoms with E-state index >= 15 is 9.59 Å². The van der Waals surface area contributed by atoms with Gasteiger partial charge in [-0.3, -0.25) is 19.2 Å². The van der Waals surface area contributed by atoms with Crippen LogP contribution in [0.1, 0.15) is 43.0 Å². The van der Waals surface area contributed by atoms with Crippen LogP contribution in [0.25, 0.3) is 11.0 Å². The van der Waals surface area contributed by atoms with Crippen molar-refractivity contribution in [1.82, 2.24) is 30.1 Å². The SMILES string of the molecule is C[C@H]1NC(=O)CC/C=C\CN(Cn2nnc3ccccc32)C(=O)[C@@H]2N([C@H](CO)c3ccccc3)C(=O)[C@H]3[C@H](C(=O)O[C@@H]1c1ccccc1)[C@H]1O[C@@]23C=C1Br. The molecular formula is C40H39BrN6O7. The number of rotatable bonds is 6. The summed E-state index contributed by atoms with van der Waals surface area (Å²) >= 11 is 3.62. The fraction of sp³-hybridized carbons (Fsp3) is 0.350. The number of likely N-dealkylation sites (tertiary alicyclic amines) is 1. The molecule has 4 aliphatic heterocycles. The van der Waals surface area contributed by atoms with Gasteiger partial charge in [0.2, 0.25) is 11.8 Å². The second kappa shape index (κ2) is 14.6. The number of aliphatic hydroxyl groups is 1. The molecule has 5 bridgehead atoms. The first-order chi connectivity index (χ1) is 26.2. The lowest BCUT2D eigenvalue weighted by Crippen LogP contribution is -2.57. The summed E-state index contributed by atoms with van der Waals surface area (Å²) in [7, 11) is 0. The minimum absolute atomic E-state index is 0.0331. The Kier molecular flexibility index (Phi) is 9.67. The molecule has 3 aromatic carbocycles. The molecule has 4 aromatic rings. The molecule has 4 aliphatic rings. The molecule has 0 radical (unpaired) electrons. The molecule has 8 rings (SSSR count). The maximum atomic E-state index is 15.4. The molecule has 0 aliphatic carbocycles. The Bertz CT molecular complexity index is 2140. The van der Waals surface area contributed by atoms with Gasteiger partial charge in [0.1, 0.15) is 42.0 Å². The van der Waals surface area contributed by atoms with Crippen molar-refractivity contribution < 1.29 is 33.8 Å². The van der Waals surface area contributed by atoms with Crippen molar-refractivity contribution in [3.8, 4) is 0 Å². The van der Waals surface area contributed by atoms with Crippen LogP contribution >= 0.6 is 15.9 Å². The van der Waals surface area contributed by atoms with Gasteiger partial charge in [0.05, 0.1) is 30.1 Å². The number of amides is 3. The third-order valence-corrected chi connectivity index (χ3v) is 11.5. The topological polar surface area (TPSA) is 156 Å². The maximum Gasteiger partial charge on any atom is 0.313 e. The lowest BCUT2D eigenvalue weighted by molar-refractivity contribution is -0.162. The Hall–Kier alpha value is -5.18. The van der Waals surface area contributed by atoms with Gasteiger partial charge >= 0.3 is 5.97 Å². The fourth-order valence-corrected chi connectivity index (χ4v) is 9.12. The molecule has 54 heavy (non-hydrogen) atoms. The van der Waals surface area contributed by atoms with E-state index in [1.54, 1.807) is 46.8 Å². The van der Waals surface area contributed by atoms with Crippen molar-refractivity contribution in [3.63, 3.8) is 0 Å². The first-order valence-corrected chi connectivity index (χ1v) is 18.8. The Balaban J connectivity index is 1.26. The van der Waals surface area contributed by atoms with Crippen molar-refractivity contribution in [3.05, 3.63) is 119 Å². The van der Waals surface area contributed by atoms with Crippen LogP contribution in [-0.2, 0) is 35.3 Å². The highest BCUT2D eigenvalue weighted by molar-refractivity contribution is 9.11. The molecule has 278 valence electrons.